The van der Waals surface area contributed by atoms with Crippen LogP contribution in [0.1, 0.15) is 37.0 Å². The summed E-state index contributed by atoms with van der Waals surface area (Å²) in [7, 11) is 0. The van der Waals surface area contributed by atoms with Gasteiger partial charge in [0.25, 0.3) is 0 Å². The quantitative estimate of drug-likeness (QED) is 0.870. The van der Waals surface area contributed by atoms with Crippen molar-refractivity contribution < 1.29 is 14.3 Å². The number of carbonyl (C=O) groups excluding carboxylic acids is 2. The lowest BCUT2D eigenvalue weighted by atomic mass is 9.74. The van der Waals surface area contributed by atoms with Gasteiger partial charge >= 0.3 is 5.97 Å². The molecule has 0 saturated heterocycles. The lowest BCUT2D eigenvalue weighted by Crippen LogP contribution is -2.40. The zero-order chi connectivity index (χ0) is 15.7. The third-order valence-corrected chi connectivity index (χ3v) is 5.13. The highest BCUT2D eigenvalue weighted by molar-refractivity contribution is 7.10. The third kappa shape index (κ3) is 2.50. The second-order valence-corrected chi connectivity index (χ2v) is 6.52. The molecule has 0 aromatic carbocycles. The van der Waals surface area contributed by atoms with Crippen molar-refractivity contribution in [2.75, 3.05) is 6.61 Å². The molecule has 5 heteroatoms. The molecule has 1 aromatic heterocycles. The predicted molar refractivity (Wildman–Crippen MR) is 85.3 cm³/mol. The van der Waals surface area contributed by atoms with Gasteiger partial charge in [-0.15, -0.1) is 11.3 Å². The number of Topliss-reactive ketones (excluding diaryl/α,β-unsaturated/α-hetero) is 1. The van der Waals surface area contributed by atoms with Crippen molar-refractivity contribution in [1.29, 1.82) is 0 Å². The number of hydrogen-bond acceptors (Lipinski definition) is 5. The summed E-state index contributed by atoms with van der Waals surface area (Å²) < 4.78 is 5.23. The zero-order valence-corrected chi connectivity index (χ0v) is 13.4. The summed E-state index contributed by atoms with van der Waals surface area (Å²) in [5.74, 6) is -0.993. The number of hydrogen-bond donors (Lipinski definition) is 1. The molecule has 1 aliphatic heterocycles. The summed E-state index contributed by atoms with van der Waals surface area (Å²) in [5, 5.41) is 5.17. The summed E-state index contributed by atoms with van der Waals surface area (Å²) in [6.07, 6.45) is 2.22. The van der Waals surface area contributed by atoms with E-state index in [0.717, 1.165) is 29.0 Å². The van der Waals surface area contributed by atoms with Gasteiger partial charge in [0.1, 0.15) is 5.92 Å². The molecule has 2 unspecified atom stereocenters. The summed E-state index contributed by atoms with van der Waals surface area (Å²) in [6, 6.07) is 3.92. The maximum atomic E-state index is 12.5. The molecule has 116 valence electrons. The van der Waals surface area contributed by atoms with Crippen LogP contribution in [0.5, 0.6) is 0 Å². The van der Waals surface area contributed by atoms with Crippen molar-refractivity contribution in [3.8, 4) is 0 Å². The van der Waals surface area contributed by atoms with Gasteiger partial charge in [0, 0.05) is 34.2 Å². The molecule has 0 bridgehead atoms. The average molecular weight is 317 g/mol. The Morgan fingerprint density at radius 1 is 1.50 bits per heavy atom. The number of carbonyl (C=O) groups is 2. The maximum Gasteiger partial charge on any atom is 0.315 e. The van der Waals surface area contributed by atoms with E-state index in [1.54, 1.807) is 18.3 Å². The van der Waals surface area contributed by atoms with Crippen LogP contribution in [0.3, 0.4) is 0 Å². The van der Waals surface area contributed by atoms with E-state index in [2.05, 4.69) is 11.9 Å². The van der Waals surface area contributed by atoms with Crippen LogP contribution in [0, 0.1) is 5.92 Å². The third-order valence-electron chi connectivity index (χ3n) is 4.18. The topological polar surface area (TPSA) is 55.4 Å². The number of rotatable bonds is 3. The van der Waals surface area contributed by atoms with Gasteiger partial charge in [0.15, 0.2) is 5.78 Å². The van der Waals surface area contributed by atoms with Gasteiger partial charge in [-0.25, -0.2) is 0 Å². The monoisotopic (exact) mass is 317 g/mol. The normalized spacial score (nSPS) is 24.8. The molecular formula is C17H19NO3S. The van der Waals surface area contributed by atoms with Gasteiger partial charge in [-0.3, -0.25) is 9.59 Å². The summed E-state index contributed by atoms with van der Waals surface area (Å²) in [5.41, 5.74) is 2.31. The van der Waals surface area contributed by atoms with Gasteiger partial charge < -0.3 is 10.1 Å². The van der Waals surface area contributed by atoms with Crippen molar-refractivity contribution in [3.63, 3.8) is 0 Å². The molecule has 1 aromatic rings. The van der Waals surface area contributed by atoms with Gasteiger partial charge in [0.2, 0.25) is 0 Å². The Labute approximate surface area is 133 Å². The van der Waals surface area contributed by atoms with Gasteiger partial charge in [0.05, 0.1) is 6.61 Å². The SMILES string of the molecule is C=C1NC2=C(C(=O)CCC2)C(c2cccs2)C1C(=O)OCC. The van der Waals surface area contributed by atoms with E-state index in [1.165, 1.54) is 0 Å². The van der Waals surface area contributed by atoms with Crippen LogP contribution in [0.4, 0.5) is 0 Å². The van der Waals surface area contributed by atoms with Crippen LogP contribution in [0.25, 0.3) is 0 Å². The second kappa shape index (κ2) is 6.08. The van der Waals surface area contributed by atoms with E-state index >= 15 is 0 Å². The number of thiophene rings is 1. The van der Waals surface area contributed by atoms with Crippen molar-refractivity contribution in [2.24, 2.45) is 5.92 Å². The van der Waals surface area contributed by atoms with E-state index in [0.29, 0.717) is 18.7 Å². The molecule has 2 aliphatic rings. The van der Waals surface area contributed by atoms with Crippen LogP contribution in [0.2, 0.25) is 0 Å². The molecule has 4 nitrogen and oxygen atoms in total. The highest BCUT2D eigenvalue weighted by atomic mass is 32.1. The van der Waals surface area contributed by atoms with E-state index in [1.807, 2.05) is 17.5 Å². The summed E-state index contributed by atoms with van der Waals surface area (Å²) in [6.45, 7) is 6.13. The Kier molecular flexibility index (Phi) is 4.16. The fourth-order valence-corrected chi connectivity index (χ4v) is 4.15. The molecule has 0 spiro atoms. The molecule has 0 amide bonds. The minimum Gasteiger partial charge on any atom is -0.465 e. The van der Waals surface area contributed by atoms with E-state index in [-0.39, 0.29) is 17.7 Å². The number of nitrogens with one attached hydrogen (secondary N) is 1. The highest BCUT2D eigenvalue weighted by Crippen LogP contribution is 2.45. The average Bonchev–Trinajstić information content (AvgIpc) is 3.00. The van der Waals surface area contributed by atoms with Crippen molar-refractivity contribution in [2.45, 2.75) is 32.1 Å². The minimum absolute atomic E-state index is 0.133. The molecule has 0 saturated carbocycles. The zero-order valence-electron chi connectivity index (χ0n) is 12.6. The lowest BCUT2D eigenvalue weighted by Gasteiger charge is -2.37. The standard InChI is InChI=1S/C17H19NO3S/c1-3-21-17(20)14-10(2)18-11-6-4-7-12(19)15(11)16(14)13-8-5-9-22-13/h5,8-9,14,16,18H,2-4,6-7H2,1H3. The number of ether oxygens (including phenoxy) is 1. The molecule has 22 heavy (non-hydrogen) atoms. The second-order valence-electron chi connectivity index (χ2n) is 5.54. The first kappa shape index (κ1) is 15.0. The van der Waals surface area contributed by atoms with Gasteiger partial charge in [-0.05, 0) is 31.2 Å². The van der Waals surface area contributed by atoms with Gasteiger partial charge in [-0.2, -0.15) is 0 Å². The molecule has 1 aliphatic carbocycles. The smallest absolute Gasteiger partial charge is 0.315 e. The lowest BCUT2D eigenvalue weighted by molar-refractivity contribution is -0.147. The first-order valence-corrected chi connectivity index (χ1v) is 8.43. The van der Waals surface area contributed by atoms with Crippen LogP contribution in [0.15, 0.2) is 41.1 Å². The van der Waals surface area contributed by atoms with Crippen molar-refractivity contribution in [3.05, 3.63) is 45.9 Å². The van der Waals surface area contributed by atoms with E-state index in [9.17, 15) is 9.59 Å². The molecular weight excluding hydrogens is 298 g/mol. The predicted octanol–water partition coefficient (Wildman–Crippen LogP) is 3.14. The molecule has 0 fully saturated rings. The maximum absolute atomic E-state index is 12.5. The number of esters is 1. The largest absolute Gasteiger partial charge is 0.465 e. The molecule has 2 atom stereocenters. The molecule has 0 radical (unpaired) electrons. The van der Waals surface area contributed by atoms with Crippen molar-refractivity contribution >= 4 is 23.1 Å². The van der Waals surface area contributed by atoms with Crippen LogP contribution >= 0.6 is 11.3 Å². The Balaban J connectivity index is 2.10. The molecule has 2 heterocycles. The highest BCUT2D eigenvalue weighted by Gasteiger charge is 2.44. The van der Waals surface area contributed by atoms with E-state index < -0.39 is 5.92 Å². The minimum atomic E-state index is -0.542. The fraction of sp³-hybridized carbons (Fsp3) is 0.412. The Hall–Kier alpha value is -1.88. The van der Waals surface area contributed by atoms with Crippen LogP contribution < -0.4 is 5.32 Å². The Morgan fingerprint density at radius 2 is 2.32 bits per heavy atom. The number of ketones is 1. The Bertz CT molecular complexity index is 645. The summed E-state index contributed by atoms with van der Waals surface area (Å²) in [4.78, 5) is 26.0. The molecule has 1 N–H and O–H groups in total. The van der Waals surface area contributed by atoms with Crippen molar-refractivity contribution in [1.82, 2.24) is 5.32 Å². The van der Waals surface area contributed by atoms with Gasteiger partial charge in [-0.1, -0.05) is 12.6 Å². The summed E-state index contributed by atoms with van der Waals surface area (Å²) >= 11 is 1.57. The first-order chi connectivity index (χ1) is 10.6. The first-order valence-electron chi connectivity index (χ1n) is 7.55. The molecule has 3 rings (SSSR count). The van der Waals surface area contributed by atoms with Crippen LogP contribution in [-0.2, 0) is 14.3 Å². The fourth-order valence-electron chi connectivity index (χ4n) is 3.28. The number of allylic oxidation sites excluding steroid dienone is 2. The van der Waals surface area contributed by atoms with E-state index in [4.69, 9.17) is 4.74 Å². The van der Waals surface area contributed by atoms with Crippen LogP contribution in [-0.4, -0.2) is 18.4 Å². The Morgan fingerprint density at radius 3 is 3.00 bits per heavy atom.